The van der Waals surface area contributed by atoms with Gasteiger partial charge in [-0.05, 0) is 17.6 Å². The summed E-state index contributed by atoms with van der Waals surface area (Å²) in [6.45, 7) is 0. The van der Waals surface area contributed by atoms with E-state index in [1.807, 2.05) is 0 Å². The van der Waals surface area contributed by atoms with E-state index in [1.165, 1.54) is 18.2 Å². The first-order chi connectivity index (χ1) is 6.38. The fraction of sp³-hybridized carbons (Fsp3) is 0. The van der Waals surface area contributed by atoms with Crippen molar-refractivity contribution < 1.29 is 26.5 Å². The third-order valence-electron chi connectivity index (χ3n) is 1.35. The predicted octanol–water partition coefficient (Wildman–Crippen LogP) is -1.04. The first-order valence-electron chi connectivity index (χ1n) is 3.48. The molecule has 0 aliphatic heterocycles. The highest BCUT2D eigenvalue weighted by molar-refractivity contribution is 7.81. The summed E-state index contributed by atoms with van der Waals surface area (Å²) in [5, 5.41) is 17.4. The van der Waals surface area contributed by atoms with E-state index in [2.05, 4.69) is 4.18 Å². The molecule has 0 radical (unpaired) electrons. The lowest BCUT2D eigenvalue weighted by Gasteiger charge is -2.02. The van der Waals surface area contributed by atoms with Gasteiger partial charge in [0.1, 0.15) is 5.75 Å². The van der Waals surface area contributed by atoms with Gasteiger partial charge in [0.2, 0.25) is 0 Å². The van der Waals surface area contributed by atoms with Crippen molar-refractivity contribution in [3.8, 4) is 5.75 Å². The van der Waals surface area contributed by atoms with Crippen LogP contribution in [0.2, 0.25) is 0 Å². The number of rotatable bonds is 3. The zero-order chi connectivity index (χ0) is 10.8. The van der Waals surface area contributed by atoms with Crippen LogP contribution in [0.25, 0.3) is 0 Å². The topological polar surface area (TPSA) is 83.8 Å². The zero-order valence-corrected chi connectivity index (χ0v) is 7.61. The van der Waals surface area contributed by atoms with Crippen LogP contribution in [0.1, 0.15) is 0 Å². The van der Waals surface area contributed by atoms with Crippen LogP contribution in [-0.2, 0) is 10.5 Å². The monoisotopic (exact) mass is 220 g/mol. The summed E-state index contributed by atoms with van der Waals surface area (Å²) >= 11 is 0. The molecular formula is C6H6BFO5S. The molecule has 1 aromatic carbocycles. The largest absolute Gasteiger partial charge is 0.488 e. The second-order valence-corrected chi connectivity index (χ2v) is 3.38. The summed E-state index contributed by atoms with van der Waals surface area (Å²) in [5.41, 5.74) is 0.00569. The molecule has 0 aromatic heterocycles. The lowest BCUT2D eigenvalue weighted by atomic mass is 9.80. The van der Waals surface area contributed by atoms with Gasteiger partial charge in [-0.15, -0.1) is 0 Å². The average molecular weight is 220 g/mol. The number of hydrogen-bond acceptors (Lipinski definition) is 5. The van der Waals surface area contributed by atoms with Crippen molar-refractivity contribution in [1.29, 1.82) is 0 Å². The summed E-state index contributed by atoms with van der Waals surface area (Å²) in [7, 11) is -6.85. The van der Waals surface area contributed by atoms with E-state index in [-0.39, 0.29) is 11.2 Å². The molecular weight excluding hydrogens is 214 g/mol. The van der Waals surface area contributed by atoms with Crippen molar-refractivity contribution in [1.82, 2.24) is 0 Å². The molecule has 0 spiro atoms. The van der Waals surface area contributed by atoms with E-state index in [0.717, 1.165) is 6.07 Å². The van der Waals surface area contributed by atoms with Crippen LogP contribution in [0.5, 0.6) is 5.75 Å². The fourth-order valence-electron chi connectivity index (χ4n) is 0.842. The Labute approximate surface area is 80.3 Å². The molecule has 8 heteroatoms. The smallest absolute Gasteiger partial charge is 0.423 e. The van der Waals surface area contributed by atoms with Gasteiger partial charge < -0.3 is 14.2 Å². The minimum Gasteiger partial charge on any atom is -0.423 e. The quantitative estimate of drug-likeness (QED) is 0.502. The summed E-state index contributed by atoms with van der Waals surface area (Å²) in [6, 6.07) is 4.79. The predicted molar refractivity (Wildman–Crippen MR) is 46.9 cm³/mol. The molecule has 5 nitrogen and oxygen atoms in total. The van der Waals surface area contributed by atoms with Gasteiger partial charge in [0.15, 0.2) is 0 Å². The Kier molecular flexibility index (Phi) is 3.09. The molecule has 76 valence electrons. The van der Waals surface area contributed by atoms with Crippen LogP contribution in [0.4, 0.5) is 3.89 Å². The zero-order valence-electron chi connectivity index (χ0n) is 6.79. The van der Waals surface area contributed by atoms with E-state index >= 15 is 0 Å². The van der Waals surface area contributed by atoms with Gasteiger partial charge in [0.05, 0.1) is 0 Å². The average Bonchev–Trinajstić information content (AvgIpc) is 2.01. The highest BCUT2D eigenvalue weighted by atomic mass is 32.3. The van der Waals surface area contributed by atoms with E-state index in [4.69, 9.17) is 10.0 Å². The Morgan fingerprint density at radius 2 is 2.00 bits per heavy atom. The fourth-order valence-corrected chi connectivity index (χ4v) is 1.18. The van der Waals surface area contributed by atoms with Crippen LogP contribution in [0.15, 0.2) is 24.3 Å². The highest BCUT2D eigenvalue weighted by Gasteiger charge is 2.14. The summed E-state index contributed by atoms with van der Waals surface area (Å²) in [4.78, 5) is 0. The summed E-state index contributed by atoms with van der Waals surface area (Å²) in [6.07, 6.45) is 0. The van der Waals surface area contributed by atoms with Gasteiger partial charge in [0.25, 0.3) is 0 Å². The second kappa shape index (κ2) is 3.95. The van der Waals surface area contributed by atoms with Gasteiger partial charge in [0, 0.05) is 0 Å². The first kappa shape index (κ1) is 11.0. The molecule has 0 heterocycles. The summed E-state index contributed by atoms with van der Waals surface area (Å²) in [5.74, 6) is -0.321. The van der Waals surface area contributed by atoms with Gasteiger partial charge in [-0.25, -0.2) is 0 Å². The normalized spacial score (nSPS) is 11.1. The Bertz CT molecular complexity index is 418. The second-order valence-electron chi connectivity index (χ2n) is 2.42. The van der Waals surface area contributed by atoms with Crippen LogP contribution in [0.3, 0.4) is 0 Å². The maximum absolute atomic E-state index is 12.0. The van der Waals surface area contributed by atoms with Crippen molar-refractivity contribution in [2.24, 2.45) is 0 Å². The maximum Gasteiger partial charge on any atom is 0.488 e. The van der Waals surface area contributed by atoms with Gasteiger partial charge in [-0.2, -0.15) is 8.42 Å². The van der Waals surface area contributed by atoms with Crippen LogP contribution >= 0.6 is 0 Å². The molecule has 0 atom stereocenters. The molecule has 1 rings (SSSR count). The lowest BCUT2D eigenvalue weighted by Crippen LogP contribution is -2.29. The van der Waals surface area contributed by atoms with Crippen molar-refractivity contribution in [2.75, 3.05) is 0 Å². The van der Waals surface area contributed by atoms with Crippen molar-refractivity contribution in [2.45, 2.75) is 0 Å². The first-order valence-corrected chi connectivity index (χ1v) is 4.79. The molecule has 0 aliphatic rings. The molecule has 0 aliphatic carbocycles. The van der Waals surface area contributed by atoms with Crippen molar-refractivity contribution in [3.63, 3.8) is 0 Å². The molecule has 2 N–H and O–H groups in total. The summed E-state index contributed by atoms with van der Waals surface area (Å²) < 4.78 is 36.0. The molecule has 0 unspecified atom stereocenters. The van der Waals surface area contributed by atoms with Crippen LogP contribution < -0.4 is 9.65 Å². The van der Waals surface area contributed by atoms with E-state index in [9.17, 15) is 12.3 Å². The Balaban J connectivity index is 2.95. The highest BCUT2D eigenvalue weighted by Crippen LogP contribution is 2.11. The molecule has 0 saturated carbocycles. The lowest BCUT2D eigenvalue weighted by molar-refractivity contribution is 0.423. The van der Waals surface area contributed by atoms with Crippen LogP contribution in [-0.4, -0.2) is 25.6 Å². The van der Waals surface area contributed by atoms with Gasteiger partial charge >= 0.3 is 17.6 Å². The Morgan fingerprint density at radius 3 is 2.50 bits per heavy atom. The number of halogens is 1. The van der Waals surface area contributed by atoms with Gasteiger partial charge in [-0.1, -0.05) is 16.0 Å². The number of benzene rings is 1. The molecule has 0 saturated heterocycles. The van der Waals surface area contributed by atoms with E-state index < -0.39 is 17.6 Å². The molecule has 0 fully saturated rings. The standard InChI is InChI=1S/C6H6BFO5S/c8-14(11,12)13-6-3-1-2-5(4-6)7(9)10/h1-4,9-10H. The number of hydrogen-bond donors (Lipinski definition) is 2. The third-order valence-corrected chi connectivity index (χ3v) is 1.74. The van der Waals surface area contributed by atoms with E-state index in [0.29, 0.717) is 0 Å². The molecule has 1 aromatic rings. The van der Waals surface area contributed by atoms with Gasteiger partial charge in [-0.3, -0.25) is 0 Å². The molecule has 14 heavy (non-hydrogen) atoms. The minimum absolute atomic E-state index is 0.00569. The van der Waals surface area contributed by atoms with Crippen molar-refractivity contribution >= 4 is 23.1 Å². The van der Waals surface area contributed by atoms with Crippen LogP contribution in [0, 0.1) is 0 Å². The molecule has 0 amide bonds. The maximum atomic E-state index is 12.0. The Morgan fingerprint density at radius 1 is 1.36 bits per heavy atom. The molecule has 0 bridgehead atoms. The van der Waals surface area contributed by atoms with E-state index in [1.54, 1.807) is 0 Å². The third kappa shape index (κ3) is 3.33. The SMILES string of the molecule is O=S(=O)(F)Oc1cccc(B(O)O)c1. The van der Waals surface area contributed by atoms with Crippen molar-refractivity contribution in [3.05, 3.63) is 24.3 Å². The Hall–Kier alpha value is -1.12. The minimum atomic E-state index is -5.08.